The summed E-state index contributed by atoms with van der Waals surface area (Å²) in [6.45, 7) is -0.866. The smallest absolute Gasteiger partial charge is 0.416 e. The van der Waals surface area contributed by atoms with E-state index in [0.717, 1.165) is 11.9 Å². The van der Waals surface area contributed by atoms with E-state index >= 15 is 0 Å². The number of aromatic nitrogens is 1. The van der Waals surface area contributed by atoms with Gasteiger partial charge in [-0.15, -0.1) is 0 Å². The zero-order valence-corrected chi connectivity index (χ0v) is 12.0. The largest absolute Gasteiger partial charge is 0.445 e. The fraction of sp³-hybridized carbons (Fsp3) is 0.286. The number of nitrogens with one attached hydrogen (secondary N) is 1. The zero-order valence-electron chi connectivity index (χ0n) is 12.0. The molecule has 0 radical (unpaired) electrons. The predicted octanol–water partition coefficient (Wildman–Crippen LogP) is 2.73. The molecule has 124 valence electrons. The summed E-state index contributed by atoms with van der Waals surface area (Å²) < 4.78 is 42.0. The Balaban J connectivity index is 2.01. The highest BCUT2D eigenvalue weighted by Crippen LogP contribution is 2.22. The highest BCUT2D eigenvalue weighted by atomic mass is 19.4. The number of benzene rings is 1. The van der Waals surface area contributed by atoms with Crippen molar-refractivity contribution in [2.75, 3.05) is 18.9 Å². The van der Waals surface area contributed by atoms with Crippen LogP contribution in [0.3, 0.4) is 0 Å². The third-order valence-corrected chi connectivity index (χ3v) is 2.96. The molecule has 0 fully saturated rings. The third-order valence-electron chi connectivity index (χ3n) is 2.96. The number of hydrogen-bond donors (Lipinski definition) is 2. The van der Waals surface area contributed by atoms with Gasteiger partial charge in [-0.05, 0) is 18.2 Å². The number of amides is 2. The van der Waals surface area contributed by atoms with Crippen LogP contribution in [0.2, 0.25) is 0 Å². The fourth-order valence-corrected chi connectivity index (χ4v) is 1.76. The van der Waals surface area contributed by atoms with Crippen LogP contribution in [0.4, 0.5) is 23.7 Å². The van der Waals surface area contributed by atoms with Crippen molar-refractivity contribution in [1.29, 1.82) is 0 Å². The van der Waals surface area contributed by atoms with Gasteiger partial charge in [-0.1, -0.05) is 6.07 Å². The number of halogens is 3. The normalized spacial score (nSPS) is 12.7. The average molecular weight is 329 g/mol. The van der Waals surface area contributed by atoms with E-state index in [1.165, 1.54) is 12.5 Å². The maximum absolute atomic E-state index is 12.3. The van der Waals surface area contributed by atoms with Gasteiger partial charge in [0.15, 0.2) is 6.10 Å². The number of carbonyl (C=O) groups is 1. The Labute approximate surface area is 129 Å². The highest BCUT2D eigenvalue weighted by molar-refractivity contribution is 5.89. The third kappa shape index (κ3) is 4.46. The van der Waals surface area contributed by atoms with Crippen LogP contribution < -0.4 is 5.32 Å². The first-order valence-electron chi connectivity index (χ1n) is 6.54. The zero-order chi connectivity index (χ0) is 17.0. The van der Waals surface area contributed by atoms with Crippen molar-refractivity contribution >= 4 is 11.7 Å². The lowest BCUT2D eigenvalue weighted by Gasteiger charge is -2.22. The second-order valence-corrected chi connectivity index (χ2v) is 4.79. The molecule has 2 aromatic rings. The number of likely N-dealkylation sites (N-methyl/N-ethyl adjacent to an activating group) is 1. The lowest BCUT2D eigenvalue weighted by atomic mass is 10.2. The van der Waals surface area contributed by atoms with Crippen molar-refractivity contribution in [3.05, 3.63) is 36.7 Å². The van der Waals surface area contributed by atoms with Gasteiger partial charge in [0.05, 0.1) is 12.7 Å². The van der Waals surface area contributed by atoms with E-state index in [1.807, 2.05) is 0 Å². The van der Waals surface area contributed by atoms with Crippen LogP contribution in [-0.2, 0) is 0 Å². The van der Waals surface area contributed by atoms with E-state index in [2.05, 4.69) is 10.3 Å². The van der Waals surface area contributed by atoms with Crippen molar-refractivity contribution in [2.24, 2.45) is 0 Å². The monoisotopic (exact) mass is 329 g/mol. The number of rotatable bonds is 4. The van der Waals surface area contributed by atoms with Crippen LogP contribution in [0.25, 0.3) is 11.5 Å². The summed E-state index contributed by atoms with van der Waals surface area (Å²) in [6, 6.07) is 5.70. The van der Waals surface area contributed by atoms with Crippen molar-refractivity contribution in [1.82, 2.24) is 9.88 Å². The lowest BCUT2D eigenvalue weighted by molar-refractivity contribution is -0.205. The molecule has 1 aromatic heterocycles. The minimum atomic E-state index is -4.78. The second-order valence-electron chi connectivity index (χ2n) is 4.79. The maximum atomic E-state index is 12.3. The van der Waals surface area contributed by atoms with E-state index in [-0.39, 0.29) is 0 Å². The average Bonchev–Trinajstić information content (AvgIpc) is 3.00. The van der Waals surface area contributed by atoms with Crippen LogP contribution in [0.5, 0.6) is 0 Å². The van der Waals surface area contributed by atoms with Crippen LogP contribution >= 0.6 is 0 Å². The van der Waals surface area contributed by atoms with Crippen LogP contribution in [0, 0.1) is 0 Å². The number of carbonyl (C=O) groups excluding carboxylic acids is 1. The Morgan fingerprint density at radius 1 is 1.48 bits per heavy atom. The van der Waals surface area contributed by atoms with Gasteiger partial charge in [-0.3, -0.25) is 0 Å². The van der Waals surface area contributed by atoms with Gasteiger partial charge in [-0.2, -0.15) is 13.2 Å². The molecule has 2 rings (SSSR count). The number of hydrogen-bond acceptors (Lipinski definition) is 4. The molecule has 1 unspecified atom stereocenters. The van der Waals surface area contributed by atoms with Crippen molar-refractivity contribution in [3.8, 4) is 11.5 Å². The van der Waals surface area contributed by atoms with Crippen LogP contribution in [0.15, 0.2) is 41.1 Å². The van der Waals surface area contributed by atoms with E-state index in [1.54, 1.807) is 24.3 Å². The summed E-state index contributed by atoms with van der Waals surface area (Å²) >= 11 is 0. The molecule has 1 aromatic carbocycles. The number of oxazole rings is 1. The number of nitrogens with zero attached hydrogens (tertiary/aromatic N) is 2. The van der Waals surface area contributed by atoms with E-state index in [9.17, 15) is 18.0 Å². The predicted molar refractivity (Wildman–Crippen MR) is 75.6 cm³/mol. The summed E-state index contributed by atoms with van der Waals surface area (Å²) in [5.41, 5.74) is 0.963. The van der Waals surface area contributed by atoms with Gasteiger partial charge >= 0.3 is 12.2 Å². The molecule has 2 amide bonds. The van der Waals surface area contributed by atoms with Crippen molar-refractivity contribution < 1.29 is 27.5 Å². The molecule has 0 bridgehead atoms. The Morgan fingerprint density at radius 2 is 2.22 bits per heavy atom. The number of urea groups is 1. The van der Waals surface area contributed by atoms with E-state index in [4.69, 9.17) is 9.52 Å². The number of aliphatic hydroxyl groups is 1. The molecular formula is C14H14F3N3O3. The van der Waals surface area contributed by atoms with E-state index < -0.39 is 24.9 Å². The molecule has 6 nitrogen and oxygen atoms in total. The first-order valence-corrected chi connectivity index (χ1v) is 6.54. The van der Waals surface area contributed by atoms with E-state index in [0.29, 0.717) is 17.1 Å². The minimum absolute atomic E-state index is 0.349. The molecule has 1 heterocycles. The molecule has 1 atom stereocenters. The highest BCUT2D eigenvalue weighted by Gasteiger charge is 2.39. The maximum Gasteiger partial charge on any atom is 0.416 e. The van der Waals surface area contributed by atoms with Gasteiger partial charge < -0.3 is 19.7 Å². The van der Waals surface area contributed by atoms with Crippen molar-refractivity contribution in [3.63, 3.8) is 0 Å². The van der Waals surface area contributed by atoms with Gasteiger partial charge in [-0.25, -0.2) is 9.78 Å². The summed E-state index contributed by atoms with van der Waals surface area (Å²) in [5, 5.41) is 11.4. The molecule has 2 N–H and O–H groups in total. The molecule has 0 aliphatic carbocycles. The standard InChI is InChI=1S/C14H14F3N3O3/c1-20(8-11(21)14(15,16)17)13(22)19-10-4-2-3-9(7-10)12-18-5-6-23-12/h2-7,11,21H,8H2,1H3,(H,19,22). The number of aliphatic hydroxyl groups excluding tert-OH is 1. The Kier molecular flexibility index (Phi) is 4.89. The Morgan fingerprint density at radius 3 is 2.83 bits per heavy atom. The van der Waals surface area contributed by atoms with Crippen molar-refractivity contribution in [2.45, 2.75) is 12.3 Å². The van der Waals surface area contributed by atoms with Gasteiger partial charge in [0.25, 0.3) is 0 Å². The van der Waals surface area contributed by atoms with Gasteiger partial charge in [0.2, 0.25) is 5.89 Å². The number of alkyl halides is 3. The fourth-order valence-electron chi connectivity index (χ4n) is 1.76. The minimum Gasteiger partial charge on any atom is -0.445 e. The van der Waals surface area contributed by atoms with Gasteiger partial charge in [0, 0.05) is 18.3 Å². The first kappa shape index (κ1) is 16.8. The summed E-state index contributed by atoms with van der Waals surface area (Å²) in [6.07, 6.45) is -4.52. The lowest BCUT2D eigenvalue weighted by Crippen LogP contribution is -2.43. The molecule has 9 heteroatoms. The molecule has 0 aliphatic rings. The SMILES string of the molecule is CN(CC(O)C(F)(F)F)C(=O)Nc1cccc(-c2ncco2)c1. The molecular weight excluding hydrogens is 315 g/mol. The molecule has 0 saturated carbocycles. The second kappa shape index (κ2) is 6.69. The van der Waals surface area contributed by atoms with Crippen LogP contribution in [0.1, 0.15) is 0 Å². The Hall–Kier alpha value is -2.55. The molecule has 0 saturated heterocycles. The number of anilines is 1. The topological polar surface area (TPSA) is 78.6 Å². The summed E-state index contributed by atoms with van der Waals surface area (Å²) in [4.78, 5) is 16.6. The molecule has 23 heavy (non-hydrogen) atoms. The Bertz CT molecular complexity index is 659. The first-order chi connectivity index (χ1) is 10.8. The summed E-state index contributed by atoms with van der Waals surface area (Å²) in [5.74, 6) is 0.349. The van der Waals surface area contributed by atoms with Crippen LogP contribution in [-0.4, -0.2) is 46.9 Å². The molecule has 0 spiro atoms. The van der Waals surface area contributed by atoms with Gasteiger partial charge in [0.1, 0.15) is 6.26 Å². The quantitative estimate of drug-likeness (QED) is 0.904. The molecule has 0 aliphatic heterocycles. The summed E-state index contributed by atoms with van der Waals surface area (Å²) in [7, 11) is 1.15.